The number of rotatable bonds is 4. The molecule has 20 heavy (non-hydrogen) atoms. The molecule has 1 aliphatic heterocycles. The van der Waals surface area contributed by atoms with Crippen molar-refractivity contribution in [2.24, 2.45) is 0 Å². The number of esters is 1. The Balaban J connectivity index is 2.49. The molecule has 1 aliphatic rings. The summed E-state index contributed by atoms with van der Waals surface area (Å²) in [4.78, 5) is 34.1. The molecule has 8 nitrogen and oxygen atoms in total. The van der Waals surface area contributed by atoms with Crippen molar-refractivity contribution in [3.63, 3.8) is 0 Å². The van der Waals surface area contributed by atoms with Crippen molar-refractivity contribution in [3.05, 3.63) is 0 Å². The predicted molar refractivity (Wildman–Crippen MR) is 66.4 cm³/mol. The summed E-state index contributed by atoms with van der Waals surface area (Å²) in [6.45, 7) is 4.74. The summed E-state index contributed by atoms with van der Waals surface area (Å²) in [5.74, 6) is -1.80. The highest BCUT2D eigenvalue weighted by atomic mass is 16.6. The highest BCUT2D eigenvalue weighted by Crippen LogP contribution is 2.21. The first-order chi connectivity index (χ1) is 9.10. The molecule has 0 saturated carbocycles. The third-order valence-corrected chi connectivity index (χ3v) is 2.65. The largest absolute Gasteiger partial charge is 0.480 e. The van der Waals surface area contributed by atoms with E-state index in [0.29, 0.717) is 0 Å². The lowest BCUT2D eigenvalue weighted by molar-refractivity contribution is -0.162. The normalized spacial score (nSPS) is 22.6. The Kier molecular flexibility index (Phi) is 4.93. The van der Waals surface area contributed by atoms with Crippen LogP contribution in [0, 0.1) is 0 Å². The minimum atomic E-state index is -1.32. The van der Waals surface area contributed by atoms with Crippen molar-refractivity contribution < 1.29 is 34.1 Å². The van der Waals surface area contributed by atoms with Gasteiger partial charge in [0.1, 0.15) is 18.2 Å². The zero-order valence-corrected chi connectivity index (χ0v) is 11.7. The number of nitrogens with zero attached hydrogens (tertiary/aromatic N) is 1. The number of hydrogen-bond donors (Lipinski definition) is 2. The molecule has 0 aromatic heterocycles. The molecule has 0 spiro atoms. The van der Waals surface area contributed by atoms with E-state index in [-0.39, 0.29) is 19.6 Å². The highest BCUT2D eigenvalue weighted by molar-refractivity contribution is 5.80. The fourth-order valence-electron chi connectivity index (χ4n) is 1.92. The maximum atomic E-state index is 11.5. The first kappa shape index (κ1) is 16.2. The summed E-state index contributed by atoms with van der Waals surface area (Å²) in [5, 5.41) is 17.8. The van der Waals surface area contributed by atoms with E-state index in [1.54, 1.807) is 20.8 Å². The topological polar surface area (TPSA) is 113 Å². The summed E-state index contributed by atoms with van der Waals surface area (Å²) in [6.07, 6.45) is -1.93. The third-order valence-electron chi connectivity index (χ3n) is 2.65. The monoisotopic (exact) mass is 289 g/mol. The van der Waals surface area contributed by atoms with Crippen molar-refractivity contribution in [2.45, 2.75) is 44.9 Å². The van der Waals surface area contributed by atoms with Crippen molar-refractivity contribution >= 4 is 18.0 Å². The van der Waals surface area contributed by atoms with Gasteiger partial charge in [0.25, 0.3) is 0 Å². The average Bonchev–Trinajstić information content (AvgIpc) is 2.68. The van der Waals surface area contributed by atoms with Gasteiger partial charge in [0, 0.05) is 6.42 Å². The van der Waals surface area contributed by atoms with E-state index in [1.165, 1.54) is 0 Å². The quantitative estimate of drug-likeness (QED) is 0.726. The van der Waals surface area contributed by atoms with Crippen LogP contribution in [0.5, 0.6) is 0 Å². The van der Waals surface area contributed by atoms with E-state index in [2.05, 4.69) is 0 Å². The van der Waals surface area contributed by atoms with Crippen LogP contribution in [0.4, 0.5) is 4.79 Å². The smallest absolute Gasteiger partial charge is 0.408 e. The molecule has 1 heterocycles. The van der Waals surface area contributed by atoms with Crippen molar-refractivity contribution in [3.8, 4) is 0 Å². The number of hydrogen-bond acceptors (Lipinski definition) is 5. The van der Waals surface area contributed by atoms with E-state index >= 15 is 0 Å². The number of carboxylic acids is 1. The summed E-state index contributed by atoms with van der Waals surface area (Å²) < 4.78 is 10.3. The Morgan fingerprint density at radius 2 is 1.85 bits per heavy atom. The lowest BCUT2D eigenvalue weighted by Gasteiger charge is -2.20. The van der Waals surface area contributed by atoms with E-state index < -0.39 is 35.8 Å². The SMILES string of the molecule is CC(C)(C)OC(=O)COC1CC(C(=O)O)N(C(=O)O)C1. The molecule has 0 aromatic rings. The molecular formula is C12H19NO7. The van der Waals surface area contributed by atoms with Gasteiger partial charge in [-0.2, -0.15) is 0 Å². The van der Waals surface area contributed by atoms with Crippen molar-refractivity contribution in [1.29, 1.82) is 0 Å². The van der Waals surface area contributed by atoms with Crippen LogP contribution >= 0.6 is 0 Å². The predicted octanol–water partition coefficient (Wildman–Crippen LogP) is 0.550. The molecule has 2 unspecified atom stereocenters. The maximum absolute atomic E-state index is 11.5. The molecule has 2 N–H and O–H groups in total. The Bertz CT molecular complexity index is 379. The number of carboxylic acid groups (broad SMARTS) is 2. The number of ether oxygens (including phenoxy) is 2. The zero-order chi connectivity index (χ0) is 15.5. The second kappa shape index (κ2) is 6.08. The zero-order valence-electron chi connectivity index (χ0n) is 11.7. The molecule has 8 heteroatoms. The molecule has 0 aliphatic carbocycles. The second-order valence-corrected chi connectivity index (χ2v) is 5.54. The van der Waals surface area contributed by atoms with Crippen LogP contribution in [-0.4, -0.2) is 64.0 Å². The number of aliphatic carboxylic acids is 1. The van der Waals surface area contributed by atoms with Crippen LogP contribution in [0.15, 0.2) is 0 Å². The van der Waals surface area contributed by atoms with Crippen LogP contribution < -0.4 is 0 Å². The van der Waals surface area contributed by atoms with Gasteiger partial charge in [-0.1, -0.05) is 0 Å². The van der Waals surface area contributed by atoms with Gasteiger partial charge in [-0.15, -0.1) is 0 Å². The van der Waals surface area contributed by atoms with Crippen molar-refractivity contribution in [1.82, 2.24) is 4.90 Å². The number of likely N-dealkylation sites (tertiary alicyclic amines) is 1. The Labute approximate surface area is 116 Å². The molecule has 1 amide bonds. The van der Waals surface area contributed by atoms with Gasteiger partial charge in [-0.3, -0.25) is 4.90 Å². The van der Waals surface area contributed by atoms with E-state index in [0.717, 1.165) is 4.90 Å². The van der Waals surface area contributed by atoms with Crippen LogP contribution in [0.2, 0.25) is 0 Å². The third kappa shape index (κ3) is 4.69. The first-order valence-electron chi connectivity index (χ1n) is 6.16. The molecule has 1 rings (SSSR count). The Morgan fingerprint density at radius 3 is 2.25 bits per heavy atom. The first-order valence-corrected chi connectivity index (χ1v) is 6.16. The maximum Gasteiger partial charge on any atom is 0.408 e. The summed E-state index contributed by atoms with van der Waals surface area (Å²) in [7, 11) is 0. The fourth-order valence-corrected chi connectivity index (χ4v) is 1.92. The minimum Gasteiger partial charge on any atom is -0.480 e. The van der Waals surface area contributed by atoms with Crippen LogP contribution in [0.25, 0.3) is 0 Å². The summed E-state index contributed by atoms with van der Waals surface area (Å²) >= 11 is 0. The van der Waals surface area contributed by atoms with Gasteiger partial charge in [-0.25, -0.2) is 14.4 Å². The summed E-state index contributed by atoms with van der Waals surface area (Å²) in [5.41, 5.74) is -0.632. The van der Waals surface area contributed by atoms with Gasteiger partial charge in [0.2, 0.25) is 0 Å². The molecule has 0 aromatic carbocycles. The number of carbonyl (C=O) groups excluding carboxylic acids is 1. The fraction of sp³-hybridized carbons (Fsp3) is 0.750. The van der Waals surface area contributed by atoms with E-state index in [1.807, 2.05) is 0 Å². The molecular weight excluding hydrogens is 270 g/mol. The standard InChI is InChI=1S/C12H19NO7/c1-12(2,3)20-9(14)6-19-7-4-8(10(15)16)13(5-7)11(17)18/h7-8H,4-6H2,1-3H3,(H,15,16)(H,17,18). The average molecular weight is 289 g/mol. The van der Waals surface area contributed by atoms with Gasteiger partial charge >= 0.3 is 18.0 Å². The molecule has 0 bridgehead atoms. The minimum absolute atomic E-state index is 0.0183. The van der Waals surface area contributed by atoms with Crippen LogP contribution in [0.3, 0.4) is 0 Å². The molecule has 1 saturated heterocycles. The number of amides is 1. The van der Waals surface area contributed by atoms with Gasteiger partial charge in [0.05, 0.1) is 12.6 Å². The lowest BCUT2D eigenvalue weighted by Crippen LogP contribution is -2.39. The molecule has 114 valence electrons. The van der Waals surface area contributed by atoms with Crippen molar-refractivity contribution in [2.75, 3.05) is 13.2 Å². The molecule has 2 atom stereocenters. The number of carbonyl (C=O) groups is 3. The molecule has 1 fully saturated rings. The Hall–Kier alpha value is -1.83. The van der Waals surface area contributed by atoms with Gasteiger partial charge in [-0.05, 0) is 20.8 Å². The van der Waals surface area contributed by atoms with Crippen LogP contribution in [0.1, 0.15) is 27.2 Å². The summed E-state index contributed by atoms with van der Waals surface area (Å²) in [6, 6.07) is -1.14. The van der Waals surface area contributed by atoms with E-state index in [9.17, 15) is 14.4 Å². The van der Waals surface area contributed by atoms with Gasteiger partial charge < -0.3 is 19.7 Å². The van der Waals surface area contributed by atoms with E-state index in [4.69, 9.17) is 19.7 Å². The van der Waals surface area contributed by atoms with Gasteiger partial charge in [0.15, 0.2) is 0 Å². The van der Waals surface area contributed by atoms with Crippen LogP contribution in [-0.2, 0) is 19.1 Å². The highest BCUT2D eigenvalue weighted by Gasteiger charge is 2.40. The molecule has 0 radical (unpaired) electrons. The second-order valence-electron chi connectivity index (χ2n) is 5.54. The Morgan fingerprint density at radius 1 is 1.25 bits per heavy atom. The lowest BCUT2D eigenvalue weighted by atomic mass is 10.2.